The SMILES string of the molecule is COc1ccc(C)cc1Nc1nccc(Nc2ccc(C)cc2Br)n1. The number of nitrogens with zero attached hydrogens (tertiary/aromatic N) is 2. The van der Waals surface area contributed by atoms with E-state index in [1.165, 1.54) is 5.56 Å². The first-order valence-corrected chi connectivity index (χ1v) is 8.62. The van der Waals surface area contributed by atoms with Crippen molar-refractivity contribution in [2.24, 2.45) is 0 Å². The van der Waals surface area contributed by atoms with Crippen LogP contribution in [0.15, 0.2) is 53.1 Å². The molecule has 0 spiro atoms. The number of rotatable bonds is 5. The van der Waals surface area contributed by atoms with Crippen LogP contribution in [0.25, 0.3) is 0 Å². The van der Waals surface area contributed by atoms with Crippen molar-refractivity contribution in [3.05, 3.63) is 64.3 Å². The average molecular weight is 399 g/mol. The standard InChI is InChI=1S/C19H19BrN4O/c1-12-4-6-15(14(20)10-12)22-18-8-9-21-19(24-18)23-16-11-13(2)5-7-17(16)25-3/h4-11H,1-3H3,(H2,21,22,23,24). The zero-order chi connectivity index (χ0) is 17.8. The Morgan fingerprint density at radius 3 is 2.44 bits per heavy atom. The Balaban J connectivity index is 1.83. The van der Waals surface area contributed by atoms with E-state index >= 15 is 0 Å². The van der Waals surface area contributed by atoms with E-state index < -0.39 is 0 Å². The van der Waals surface area contributed by atoms with Crippen molar-refractivity contribution in [3.63, 3.8) is 0 Å². The van der Waals surface area contributed by atoms with Crippen LogP contribution >= 0.6 is 15.9 Å². The Morgan fingerprint density at radius 1 is 0.920 bits per heavy atom. The second kappa shape index (κ2) is 7.53. The van der Waals surface area contributed by atoms with Gasteiger partial charge in [0.15, 0.2) is 0 Å². The molecule has 2 N–H and O–H groups in total. The van der Waals surface area contributed by atoms with Crippen LogP contribution in [0.2, 0.25) is 0 Å². The maximum absolute atomic E-state index is 5.39. The molecule has 0 fully saturated rings. The van der Waals surface area contributed by atoms with Crippen LogP contribution in [0.1, 0.15) is 11.1 Å². The molecule has 2 aromatic carbocycles. The van der Waals surface area contributed by atoms with E-state index in [9.17, 15) is 0 Å². The monoisotopic (exact) mass is 398 g/mol. The summed E-state index contributed by atoms with van der Waals surface area (Å²) in [5.74, 6) is 1.94. The number of hydrogen-bond acceptors (Lipinski definition) is 5. The van der Waals surface area contributed by atoms with Crippen LogP contribution in [0, 0.1) is 13.8 Å². The highest BCUT2D eigenvalue weighted by Gasteiger charge is 2.07. The molecule has 0 atom stereocenters. The quantitative estimate of drug-likeness (QED) is 0.606. The van der Waals surface area contributed by atoms with Crippen molar-refractivity contribution >= 4 is 39.1 Å². The summed E-state index contributed by atoms with van der Waals surface area (Å²) in [6.07, 6.45) is 1.71. The molecule has 25 heavy (non-hydrogen) atoms. The lowest BCUT2D eigenvalue weighted by Gasteiger charge is -2.12. The predicted octanol–water partition coefficient (Wildman–Crippen LogP) is 5.35. The van der Waals surface area contributed by atoms with Gasteiger partial charge in [-0.15, -0.1) is 0 Å². The second-order valence-electron chi connectivity index (χ2n) is 5.70. The number of aryl methyl sites for hydroxylation is 2. The first-order valence-electron chi connectivity index (χ1n) is 7.83. The van der Waals surface area contributed by atoms with Crippen molar-refractivity contribution in [3.8, 4) is 5.75 Å². The molecule has 3 rings (SSSR count). The van der Waals surface area contributed by atoms with Crippen molar-refractivity contribution in [1.29, 1.82) is 0 Å². The molecule has 0 saturated carbocycles. The van der Waals surface area contributed by atoms with Crippen LogP contribution in [-0.2, 0) is 0 Å². The molecule has 0 amide bonds. The third-order valence-corrected chi connectivity index (χ3v) is 4.30. The minimum atomic E-state index is 0.497. The van der Waals surface area contributed by atoms with E-state index in [4.69, 9.17) is 4.74 Å². The molecule has 0 unspecified atom stereocenters. The number of anilines is 4. The number of aromatic nitrogens is 2. The summed E-state index contributed by atoms with van der Waals surface area (Å²) < 4.78 is 6.37. The Labute approximate surface area is 155 Å². The largest absolute Gasteiger partial charge is 0.495 e. The molecule has 0 aliphatic heterocycles. The molecule has 1 heterocycles. The molecule has 6 heteroatoms. The number of methoxy groups -OCH3 is 1. The number of ether oxygens (including phenoxy) is 1. The Bertz CT molecular complexity index is 898. The van der Waals surface area contributed by atoms with Crippen LogP contribution in [-0.4, -0.2) is 17.1 Å². The highest BCUT2D eigenvalue weighted by atomic mass is 79.9. The first kappa shape index (κ1) is 17.2. The van der Waals surface area contributed by atoms with Gasteiger partial charge in [0.2, 0.25) is 5.95 Å². The van der Waals surface area contributed by atoms with Gasteiger partial charge in [0.25, 0.3) is 0 Å². The maximum atomic E-state index is 5.39. The molecule has 0 aliphatic rings. The lowest BCUT2D eigenvalue weighted by atomic mass is 10.2. The van der Waals surface area contributed by atoms with Gasteiger partial charge in [-0.2, -0.15) is 4.98 Å². The van der Waals surface area contributed by atoms with E-state index in [0.717, 1.165) is 27.2 Å². The highest BCUT2D eigenvalue weighted by molar-refractivity contribution is 9.10. The zero-order valence-corrected chi connectivity index (χ0v) is 15.9. The van der Waals surface area contributed by atoms with Gasteiger partial charge in [-0.3, -0.25) is 0 Å². The topological polar surface area (TPSA) is 59.1 Å². The summed E-state index contributed by atoms with van der Waals surface area (Å²) in [6, 6.07) is 13.9. The Hall–Kier alpha value is -2.60. The first-order chi connectivity index (χ1) is 12.0. The number of nitrogens with one attached hydrogen (secondary N) is 2. The molecule has 0 bridgehead atoms. The van der Waals surface area contributed by atoms with Gasteiger partial charge in [-0.05, 0) is 71.2 Å². The summed E-state index contributed by atoms with van der Waals surface area (Å²) in [6.45, 7) is 4.08. The molecule has 0 aliphatic carbocycles. The molecule has 0 radical (unpaired) electrons. The van der Waals surface area contributed by atoms with E-state index in [2.05, 4.69) is 49.5 Å². The molecule has 0 saturated heterocycles. The third kappa shape index (κ3) is 4.28. The fourth-order valence-corrected chi connectivity index (χ4v) is 2.98. The van der Waals surface area contributed by atoms with E-state index in [0.29, 0.717) is 11.8 Å². The lowest BCUT2D eigenvalue weighted by molar-refractivity contribution is 0.416. The average Bonchev–Trinajstić information content (AvgIpc) is 2.58. The minimum absolute atomic E-state index is 0.497. The number of halogens is 1. The fourth-order valence-electron chi connectivity index (χ4n) is 2.39. The molecule has 128 valence electrons. The Kier molecular flexibility index (Phi) is 5.19. The highest BCUT2D eigenvalue weighted by Crippen LogP contribution is 2.29. The van der Waals surface area contributed by atoms with E-state index in [-0.39, 0.29) is 0 Å². The minimum Gasteiger partial charge on any atom is -0.495 e. The van der Waals surface area contributed by atoms with Crippen molar-refractivity contribution in [1.82, 2.24) is 9.97 Å². The van der Waals surface area contributed by atoms with Crippen molar-refractivity contribution in [2.75, 3.05) is 17.7 Å². The van der Waals surface area contributed by atoms with Crippen LogP contribution in [0.4, 0.5) is 23.1 Å². The van der Waals surface area contributed by atoms with Crippen LogP contribution in [0.5, 0.6) is 5.75 Å². The summed E-state index contributed by atoms with van der Waals surface area (Å²) in [4.78, 5) is 8.81. The Morgan fingerprint density at radius 2 is 1.68 bits per heavy atom. The lowest BCUT2D eigenvalue weighted by Crippen LogP contribution is -2.02. The zero-order valence-electron chi connectivity index (χ0n) is 14.3. The van der Waals surface area contributed by atoms with E-state index in [1.807, 2.05) is 43.3 Å². The molecule has 5 nitrogen and oxygen atoms in total. The molecule has 3 aromatic rings. The van der Waals surface area contributed by atoms with Gasteiger partial charge < -0.3 is 15.4 Å². The molecular weight excluding hydrogens is 380 g/mol. The molecular formula is C19H19BrN4O. The fraction of sp³-hybridized carbons (Fsp3) is 0.158. The summed E-state index contributed by atoms with van der Waals surface area (Å²) in [7, 11) is 1.64. The van der Waals surface area contributed by atoms with Gasteiger partial charge in [-0.25, -0.2) is 4.98 Å². The summed E-state index contributed by atoms with van der Waals surface area (Å²) in [5.41, 5.74) is 4.09. The smallest absolute Gasteiger partial charge is 0.229 e. The van der Waals surface area contributed by atoms with Crippen molar-refractivity contribution < 1.29 is 4.74 Å². The second-order valence-corrected chi connectivity index (χ2v) is 6.56. The molecule has 1 aromatic heterocycles. The van der Waals surface area contributed by atoms with Gasteiger partial charge in [0.05, 0.1) is 18.5 Å². The van der Waals surface area contributed by atoms with Gasteiger partial charge in [0.1, 0.15) is 11.6 Å². The summed E-state index contributed by atoms with van der Waals surface area (Å²) >= 11 is 3.57. The van der Waals surface area contributed by atoms with Gasteiger partial charge >= 0.3 is 0 Å². The normalized spacial score (nSPS) is 10.4. The predicted molar refractivity (Wildman–Crippen MR) is 105 cm³/mol. The number of benzene rings is 2. The van der Waals surface area contributed by atoms with Crippen molar-refractivity contribution in [2.45, 2.75) is 13.8 Å². The van der Waals surface area contributed by atoms with Gasteiger partial charge in [-0.1, -0.05) is 12.1 Å². The van der Waals surface area contributed by atoms with Crippen LogP contribution < -0.4 is 15.4 Å². The number of hydrogen-bond donors (Lipinski definition) is 2. The summed E-state index contributed by atoms with van der Waals surface area (Å²) in [5, 5.41) is 6.51. The van der Waals surface area contributed by atoms with E-state index in [1.54, 1.807) is 13.3 Å². The van der Waals surface area contributed by atoms with Gasteiger partial charge in [0, 0.05) is 10.7 Å². The third-order valence-electron chi connectivity index (χ3n) is 3.64. The maximum Gasteiger partial charge on any atom is 0.229 e. The van der Waals surface area contributed by atoms with Crippen LogP contribution in [0.3, 0.4) is 0 Å².